The van der Waals surface area contributed by atoms with Crippen LogP contribution in [0.15, 0.2) is 72.6 Å². The minimum absolute atomic E-state index is 0.0491. The molecule has 0 radical (unpaired) electrons. The molecule has 1 fully saturated rings. The number of fused-ring (bicyclic) bond motifs is 1. The first-order valence-corrected chi connectivity index (χ1v) is 12.2. The lowest BCUT2D eigenvalue weighted by molar-refractivity contribution is 0.170. The third-order valence-corrected chi connectivity index (χ3v) is 5.73. The first kappa shape index (κ1) is 25.2. The maximum Gasteiger partial charge on any atom is 0.210 e. The van der Waals surface area contributed by atoms with E-state index in [1.165, 1.54) is 11.1 Å². The third-order valence-electron chi connectivity index (χ3n) is 5.73. The van der Waals surface area contributed by atoms with E-state index in [1.807, 2.05) is 42.5 Å². The molecule has 0 saturated carbocycles. The molecule has 0 spiro atoms. The minimum Gasteiger partial charge on any atom is -0.493 e. The SMILES string of the molecule is C=C(OCC(C)(C)C)c1ccc(-c2cnc(NCC(/C=C\C)=C3\CCO\C3=C\C)n3cnnc23)cn1. The third kappa shape index (κ3) is 5.64. The number of nitrogens with zero attached hydrogens (tertiary/aromatic N) is 5. The van der Waals surface area contributed by atoms with E-state index in [9.17, 15) is 0 Å². The predicted molar refractivity (Wildman–Crippen MR) is 143 cm³/mol. The highest BCUT2D eigenvalue weighted by atomic mass is 16.5. The Bertz CT molecular complexity index is 1330. The second kappa shape index (κ2) is 10.8. The highest BCUT2D eigenvalue weighted by Gasteiger charge is 2.19. The van der Waals surface area contributed by atoms with Crippen molar-refractivity contribution in [1.82, 2.24) is 24.6 Å². The molecule has 0 amide bonds. The van der Waals surface area contributed by atoms with Gasteiger partial charge in [0, 0.05) is 42.1 Å². The average molecular weight is 487 g/mol. The smallest absolute Gasteiger partial charge is 0.210 e. The number of nitrogens with one attached hydrogen (secondary N) is 1. The lowest BCUT2D eigenvalue weighted by Gasteiger charge is -2.19. The molecule has 1 aliphatic heterocycles. The summed E-state index contributed by atoms with van der Waals surface area (Å²) in [6.07, 6.45) is 12.3. The molecule has 36 heavy (non-hydrogen) atoms. The molecule has 1 aliphatic rings. The molecule has 8 heteroatoms. The van der Waals surface area contributed by atoms with Crippen molar-refractivity contribution in [2.75, 3.05) is 25.1 Å². The summed E-state index contributed by atoms with van der Waals surface area (Å²) in [5, 5.41) is 11.9. The van der Waals surface area contributed by atoms with Crippen LogP contribution < -0.4 is 5.32 Å². The fraction of sp³-hybridized carbons (Fsp3) is 0.357. The lowest BCUT2D eigenvalue weighted by Crippen LogP contribution is -2.14. The zero-order valence-electron chi connectivity index (χ0n) is 21.7. The molecule has 1 N–H and O–H groups in total. The summed E-state index contributed by atoms with van der Waals surface area (Å²) < 4.78 is 13.4. The summed E-state index contributed by atoms with van der Waals surface area (Å²) in [4.78, 5) is 9.23. The van der Waals surface area contributed by atoms with Crippen LogP contribution in [0.1, 0.15) is 46.7 Å². The van der Waals surface area contributed by atoms with Crippen molar-refractivity contribution < 1.29 is 9.47 Å². The molecule has 188 valence electrons. The summed E-state index contributed by atoms with van der Waals surface area (Å²) in [5.41, 5.74) is 5.56. The fourth-order valence-electron chi connectivity index (χ4n) is 3.94. The van der Waals surface area contributed by atoms with Gasteiger partial charge < -0.3 is 14.8 Å². The van der Waals surface area contributed by atoms with E-state index in [1.54, 1.807) is 18.7 Å². The van der Waals surface area contributed by atoms with Gasteiger partial charge >= 0.3 is 0 Å². The van der Waals surface area contributed by atoms with Crippen molar-refractivity contribution in [1.29, 1.82) is 0 Å². The van der Waals surface area contributed by atoms with E-state index >= 15 is 0 Å². The topological polar surface area (TPSA) is 86.5 Å². The van der Waals surface area contributed by atoms with Crippen LogP contribution in [0.2, 0.25) is 0 Å². The van der Waals surface area contributed by atoms with Gasteiger partial charge in [-0.05, 0) is 37.0 Å². The number of hydrogen-bond acceptors (Lipinski definition) is 7. The number of allylic oxidation sites excluding steroid dienone is 3. The van der Waals surface area contributed by atoms with Gasteiger partial charge in [0.05, 0.1) is 13.2 Å². The molecule has 0 aromatic carbocycles. The monoisotopic (exact) mass is 486 g/mol. The van der Waals surface area contributed by atoms with E-state index in [0.29, 0.717) is 42.8 Å². The van der Waals surface area contributed by atoms with E-state index in [-0.39, 0.29) is 5.41 Å². The molecule has 0 atom stereocenters. The summed E-state index contributed by atoms with van der Waals surface area (Å²) in [7, 11) is 0. The lowest BCUT2D eigenvalue weighted by atomic mass is 9.99. The number of pyridine rings is 1. The first-order valence-electron chi connectivity index (χ1n) is 12.2. The summed E-state index contributed by atoms with van der Waals surface area (Å²) >= 11 is 0. The fourth-order valence-corrected chi connectivity index (χ4v) is 3.94. The molecular formula is C28H34N6O2. The molecule has 1 saturated heterocycles. The van der Waals surface area contributed by atoms with Crippen molar-refractivity contribution in [3.8, 4) is 11.1 Å². The van der Waals surface area contributed by atoms with Crippen LogP contribution in [-0.2, 0) is 9.47 Å². The quantitative estimate of drug-likeness (QED) is 0.401. The average Bonchev–Trinajstić information content (AvgIpc) is 3.54. The van der Waals surface area contributed by atoms with Gasteiger partial charge in [-0.15, -0.1) is 10.2 Å². The molecule has 3 aromatic heterocycles. The van der Waals surface area contributed by atoms with Gasteiger partial charge in [-0.2, -0.15) is 0 Å². The Labute approximate surface area is 212 Å². The predicted octanol–water partition coefficient (Wildman–Crippen LogP) is 5.83. The highest BCUT2D eigenvalue weighted by Crippen LogP contribution is 2.29. The van der Waals surface area contributed by atoms with Gasteiger partial charge in [0.25, 0.3) is 0 Å². The Morgan fingerprint density at radius 3 is 2.75 bits per heavy atom. The van der Waals surface area contributed by atoms with E-state index in [2.05, 4.69) is 58.9 Å². The molecular weight excluding hydrogens is 452 g/mol. The number of hydrogen-bond donors (Lipinski definition) is 1. The Morgan fingerprint density at radius 2 is 2.06 bits per heavy atom. The van der Waals surface area contributed by atoms with Crippen molar-refractivity contribution in [3.05, 3.63) is 78.3 Å². The molecule has 8 nitrogen and oxygen atoms in total. The number of rotatable bonds is 8. The summed E-state index contributed by atoms with van der Waals surface area (Å²) in [6.45, 7) is 16.3. The van der Waals surface area contributed by atoms with Crippen LogP contribution in [0.4, 0.5) is 5.95 Å². The molecule has 4 rings (SSSR count). The van der Waals surface area contributed by atoms with Crippen LogP contribution >= 0.6 is 0 Å². The summed E-state index contributed by atoms with van der Waals surface area (Å²) in [5.74, 6) is 2.17. The number of anilines is 1. The van der Waals surface area contributed by atoms with Crippen LogP contribution in [0.3, 0.4) is 0 Å². The van der Waals surface area contributed by atoms with Gasteiger partial charge in [0.2, 0.25) is 5.95 Å². The van der Waals surface area contributed by atoms with E-state index in [0.717, 1.165) is 23.3 Å². The highest BCUT2D eigenvalue weighted by molar-refractivity contribution is 5.77. The normalized spacial score (nSPS) is 16.5. The number of ether oxygens (including phenoxy) is 2. The standard InChI is InChI=1S/C28H34N6O2/c1-7-9-20(22-12-13-35-25(22)8-2)15-30-27-31-16-23(26-33-32-18-34(26)27)21-10-11-24(29-14-21)19(3)36-17-28(4,5)6/h7-11,14,16,18H,3,12-13,15,17H2,1-2,4-6H3,(H,30,31)/b9-7-,22-20+,25-8+. The van der Waals surface area contributed by atoms with Crippen LogP contribution in [-0.4, -0.2) is 44.3 Å². The Kier molecular flexibility index (Phi) is 7.52. The molecule has 3 aromatic rings. The van der Waals surface area contributed by atoms with Gasteiger partial charge in [-0.25, -0.2) is 4.98 Å². The van der Waals surface area contributed by atoms with Crippen LogP contribution in [0, 0.1) is 5.41 Å². The van der Waals surface area contributed by atoms with Crippen LogP contribution in [0.25, 0.3) is 22.5 Å². The van der Waals surface area contributed by atoms with E-state index < -0.39 is 0 Å². The largest absolute Gasteiger partial charge is 0.493 e. The molecule has 4 heterocycles. The second-order valence-electron chi connectivity index (χ2n) is 9.83. The number of aromatic nitrogens is 5. The maximum absolute atomic E-state index is 5.80. The minimum atomic E-state index is 0.0491. The van der Waals surface area contributed by atoms with Crippen molar-refractivity contribution >= 4 is 17.4 Å². The zero-order chi connectivity index (χ0) is 25.7. The Morgan fingerprint density at radius 1 is 1.22 bits per heavy atom. The van der Waals surface area contributed by atoms with Crippen molar-refractivity contribution in [2.45, 2.75) is 41.0 Å². The Balaban J connectivity index is 1.55. The van der Waals surface area contributed by atoms with Crippen molar-refractivity contribution in [3.63, 3.8) is 0 Å². The maximum atomic E-state index is 5.80. The Hall–Kier alpha value is -3.94. The first-order chi connectivity index (χ1) is 17.3. The van der Waals surface area contributed by atoms with Gasteiger partial charge in [0.15, 0.2) is 5.65 Å². The zero-order valence-corrected chi connectivity index (χ0v) is 21.7. The van der Waals surface area contributed by atoms with Gasteiger partial charge in [-0.3, -0.25) is 9.38 Å². The van der Waals surface area contributed by atoms with Crippen LogP contribution in [0.5, 0.6) is 0 Å². The molecule has 0 bridgehead atoms. The molecule has 0 unspecified atom stereocenters. The van der Waals surface area contributed by atoms with E-state index in [4.69, 9.17) is 9.47 Å². The molecule has 0 aliphatic carbocycles. The van der Waals surface area contributed by atoms with Gasteiger partial charge in [0.1, 0.15) is 23.5 Å². The van der Waals surface area contributed by atoms with Gasteiger partial charge in [-0.1, -0.05) is 45.6 Å². The summed E-state index contributed by atoms with van der Waals surface area (Å²) in [6, 6.07) is 3.87. The second-order valence-corrected chi connectivity index (χ2v) is 9.83. The van der Waals surface area contributed by atoms with Crippen molar-refractivity contribution in [2.24, 2.45) is 5.41 Å².